The minimum absolute atomic E-state index is 0.167. The summed E-state index contributed by atoms with van der Waals surface area (Å²) in [7, 11) is 1.66. The Balaban J connectivity index is 1.88. The van der Waals surface area contributed by atoms with E-state index in [1.54, 1.807) is 7.11 Å². The number of ether oxygens (including phenoxy) is 2. The normalized spacial score (nSPS) is 23.8. The topological polar surface area (TPSA) is 54.0 Å². The highest BCUT2D eigenvalue weighted by atomic mass is 16.5. The van der Waals surface area contributed by atoms with Gasteiger partial charge in [0.2, 0.25) is 5.91 Å². The fourth-order valence-electron chi connectivity index (χ4n) is 3.47. The summed E-state index contributed by atoms with van der Waals surface area (Å²) in [6, 6.07) is 8.00. The van der Waals surface area contributed by atoms with E-state index in [4.69, 9.17) is 9.47 Å². The van der Waals surface area contributed by atoms with Gasteiger partial charge in [0.05, 0.1) is 20.3 Å². The maximum absolute atomic E-state index is 13.3. The maximum Gasteiger partial charge on any atom is 0.244 e. The molecule has 132 valence electrons. The van der Waals surface area contributed by atoms with E-state index in [2.05, 4.69) is 17.1 Å². The van der Waals surface area contributed by atoms with E-state index in [1.165, 1.54) is 0 Å². The average Bonchev–Trinajstić information content (AvgIpc) is 2.63. The lowest BCUT2D eigenvalue weighted by Gasteiger charge is -2.40. The number of nitrogens with zero attached hydrogens (tertiary/aromatic N) is 2. The van der Waals surface area contributed by atoms with Crippen molar-refractivity contribution in [2.45, 2.75) is 19.0 Å². The smallest absolute Gasteiger partial charge is 0.244 e. The van der Waals surface area contributed by atoms with E-state index in [-0.39, 0.29) is 11.9 Å². The lowest BCUT2D eigenvalue weighted by molar-refractivity contribution is -0.142. The van der Waals surface area contributed by atoms with Crippen LogP contribution < -0.4 is 10.1 Å². The van der Waals surface area contributed by atoms with Gasteiger partial charge in [-0.1, -0.05) is 12.1 Å². The summed E-state index contributed by atoms with van der Waals surface area (Å²) in [5, 5.41) is 3.45. The Morgan fingerprint density at radius 1 is 1.33 bits per heavy atom. The molecule has 2 aliphatic heterocycles. The van der Waals surface area contributed by atoms with Crippen molar-refractivity contribution in [3.63, 3.8) is 0 Å². The predicted molar refractivity (Wildman–Crippen MR) is 92.2 cm³/mol. The van der Waals surface area contributed by atoms with Crippen LogP contribution >= 0.6 is 0 Å². The number of carbonyl (C=O) groups is 1. The van der Waals surface area contributed by atoms with Gasteiger partial charge in [-0.05, 0) is 24.6 Å². The van der Waals surface area contributed by atoms with Crippen LogP contribution in [-0.2, 0) is 9.53 Å². The monoisotopic (exact) mass is 333 g/mol. The molecule has 1 aromatic carbocycles. The zero-order valence-corrected chi connectivity index (χ0v) is 14.5. The van der Waals surface area contributed by atoms with Crippen LogP contribution in [0.4, 0.5) is 0 Å². The van der Waals surface area contributed by atoms with Crippen LogP contribution in [-0.4, -0.2) is 74.8 Å². The lowest BCUT2D eigenvalue weighted by Crippen LogP contribution is -2.54. The molecule has 2 saturated heterocycles. The Bertz CT molecular complexity index is 560. The molecular weight excluding hydrogens is 306 g/mol. The van der Waals surface area contributed by atoms with Gasteiger partial charge in [0.25, 0.3) is 0 Å². The number of hydrogen-bond acceptors (Lipinski definition) is 5. The summed E-state index contributed by atoms with van der Waals surface area (Å²) in [6.07, 6.45) is 0. The number of nitrogens with one attached hydrogen (secondary N) is 1. The van der Waals surface area contributed by atoms with Crippen molar-refractivity contribution in [1.29, 1.82) is 0 Å². The SMILES string of the molecule is COc1cccc(C(C(=O)N2CCOCC2)N2CCNC(C)C2)c1. The summed E-state index contributed by atoms with van der Waals surface area (Å²) in [4.78, 5) is 17.5. The Morgan fingerprint density at radius 2 is 2.12 bits per heavy atom. The van der Waals surface area contributed by atoms with Crippen molar-refractivity contribution >= 4 is 5.91 Å². The molecule has 2 atom stereocenters. The van der Waals surface area contributed by atoms with Crippen molar-refractivity contribution < 1.29 is 14.3 Å². The second-order valence-electron chi connectivity index (χ2n) is 6.47. The third-order valence-electron chi connectivity index (χ3n) is 4.73. The van der Waals surface area contributed by atoms with E-state index in [1.807, 2.05) is 29.2 Å². The van der Waals surface area contributed by atoms with Gasteiger partial charge in [0, 0.05) is 38.8 Å². The average molecular weight is 333 g/mol. The molecule has 2 heterocycles. The molecule has 0 spiro atoms. The number of rotatable bonds is 4. The number of piperazine rings is 1. The van der Waals surface area contributed by atoms with Crippen LogP contribution in [0.2, 0.25) is 0 Å². The van der Waals surface area contributed by atoms with Crippen molar-refractivity contribution in [1.82, 2.24) is 15.1 Å². The Hall–Kier alpha value is -1.63. The van der Waals surface area contributed by atoms with Crippen molar-refractivity contribution in [2.24, 2.45) is 0 Å². The first-order chi connectivity index (χ1) is 11.7. The summed E-state index contributed by atoms with van der Waals surface area (Å²) < 4.78 is 10.8. The maximum atomic E-state index is 13.3. The van der Waals surface area contributed by atoms with Crippen molar-refractivity contribution in [3.05, 3.63) is 29.8 Å². The highest BCUT2D eigenvalue weighted by Gasteiger charge is 2.34. The highest BCUT2D eigenvalue weighted by molar-refractivity contribution is 5.83. The van der Waals surface area contributed by atoms with Crippen LogP contribution in [0.1, 0.15) is 18.5 Å². The fraction of sp³-hybridized carbons (Fsp3) is 0.611. The number of methoxy groups -OCH3 is 1. The molecule has 1 N–H and O–H groups in total. The minimum atomic E-state index is -0.261. The standard InChI is InChI=1S/C18H27N3O3/c1-14-13-21(7-6-19-14)17(15-4-3-5-16(12-15)23-2)18(22)20-8-10-24-11-9-20/h3-5,12,14,17,19H,6-11,13H2,1-2H3. The number of hydrogen-bond donors (Lipinski definition) is 1. The third kappa shape index (κ3) is 3.88. The lowest BCUT2D eigenvalue weighted by atomic mass is 10.0. The Kier molecular flexibility index (Phi) is 5.71. The van der Waals surface area contributed by atoms with Gasteiger partial charge >= 0.3 is 0 Å². The molecule has 6 heteroatoms. The van der Waals surface area contributed by atoms with Crippen LogP contribution in [0.3, 0.4) is 0 Å². The number of carbonyl (C=O) groups excluding carboxylic acids is 1. The first-order valence-electron chi connectivity index (χ1n) is 8.67. The van der Waals surface area contributed by atoms with Crippen molar-refractivity contribution in [2.75, 3.05) is 53.0 Å². The number of morpholine rings is 1. The molecule has 1 aromatic rings. The Morgan fingerprint density at radius 3 is 2.83 bits per heavy atom. The van der Waals surface area contributed by atoms with E-state index in [0.29, 0.717) is 32.3 Å². The molecule has 2 fully saturated rings. The zero-order chi connectivity index (χ0) is 16.9. The van der Waals surface area contributed by atoms with E-state index in [0.717, 1.165) is 30.9 Å². The molecular formula is C18H27N3O3. The molecule has 0 aliphatic carbocycles. The molecule has 24 heavy (non-hydrogen) atoms. The molecule has 0 aromatic heterocycles. The van der Waals surface area contributed by atoms with Crippen LogP contribution in [0.5, 0.6) is 5.75 Å². The van der Waals surface area contributed by atoms with Crippen LogP contribution in [0.15, 0.2) is 24.3 Å². The van der Waals surface area contributed by atoms with Crippen LogP contribution in [0.25, 0.3) is 0 Å². The van der Waals surface area contributed by atoms with E-state index >= 15 is 0 Å². The van der Waals surface area contributed by atoms with Crippen LogP contribution in [0, 0.1) is 0 Å². The van der Waals surface area contributed by atoms with Gasteiger partial charge in [-0.2, -0.15) is 0 Å². The van der Waals surface area contributed by atoms with Gasteiger partial charge in [0.15, 0.2) is 0 Å². The van der Waals surface area contributed by atoms with Gasteiger partial charge in [-0.3, -0.25) is 9.69 Å². The first kappa shape index (κ1) is 17.2. The molecule has 2 aliphatic rings. The van der Waals surface area contributed by atoms with Gasteiger partial charge in [-0.25, -0.2) is 0 Å². The molecule has 0 saturated carbocycles. The van der Waals surface area contributed by atoms with E-state index in [9.17, 15) is 4.79 Å². The minimum Gasteiger partial charge on any atom is -0.497 e. The molecule has 0 radical (unpaired) electrons. The van der Waals surface area contributed by atoms with Gasteiger partial charge < -0.3 is 19.7 Å². The zero-order valence-electron chi connectivity index (χ0n) is 14.5. The summed E-state index contributed by atoms with van der Waals surface area (Å²) >= 11 is 0. The summed E-state index contributed by atoms with van der Waals surface area (Å²) in [5.41, 5.74) is 1.000. The second kappa shape index (κ2) is 7.96. The predicted octanol–water partition coefficient (Wildman–Crippen LogP) is 0.889. The van der Waals surface area contributed by atoms with E-state index < -0.39 is 0 Å². The fourth-order valence-corrected chi connectivity index (χ4v) is 3.47. The summed E-state index contributed by atoms with van der Waals surface area (Å²) in [5.74, 6) is 0.955. The molecule has 6 nitrogen and oxygen atoms in total. The van der Waals surface area contributed by atoms with Crippen molar-refractivity contribution in [3.8, 4) is 5.75 Å². The second-order valence-corrected chi connectivity index (χ2v) is 6.47. The quantitative estimate of drug-likeness (QED) is 0.887. The first-order valence-corrected chi connectivity index (χ1v) is 8.67. The van der Waals surface area contributed by atoms with Gasteiger partial charge in [0.1, 0.15) is 11.8 Å². The number of amides is 1. The Labute approximate surface area is 143 Å². The highest BCUT2D eigenvalue weighted by Crippen LogP contribution is 2.27. The molecule has 3 rings (SSSR count). The largest absolute Gasteiger partial charge is 0.497 e. The molecule has 1 amide bonds. The third-order valence-corrected chi connectivity index (χ3v) is 4.73. The molecule has 2 unspecified atom stereocenters. The van der Waals surface area contributed by atoms with Gasteiger partial charge in [-0.15, -0.1) is 0 Å². The number of benzene rings is 1. The molecule has 0 bridgehead atoms. The summed E-state index contributed by atoms with van der Waals surface area (Å²) in [6.45, 7) is 7.36.